The van der Waals surface area contributed by atoms with Crippen molar-refractivity contribution in [2.75, 3.05) is 6.54 Å². The first kappa shape index (κ1) is 18.0. The summed E-state index contributed by atoms with van der Waals surface area (Å²) in [6.45, 7) is 2.22. The summed E-state index contributed by atoms with van der Waals surface area (Å²) in [6.07, 6.45) is 2.17. The van der Waals surface area contributed by atoms with Crippen LogP contribution in [0, 0.1) is 17.5 Å². The molecule has 1 aliphatic rings. The second kappa shape index (κ2) is 6.81. The van der Waals surface area contributed by atoms with E-state index in [9.17, 15) is 27.6 Å². The van der Waals surface area contributed by atoms with Crippen LogP contribution in [0.1, 0.15) is 30.1 Å². The number of hydrogen-bond acceptors (Lipinski definition) is 3. The van der Waals surface area contributed by atoms with Crippen molar-refractivity contribution < 1.29 is 22.8 Å². The molecule has 0 aliphatic carbocycles. The van der Waals surface area contributed by atoms with Crippen molar-refractivity contribution >= 4 is 22.7 Å². The van der Waals surface area contributed by atoms with Gasteiger partial charge >= 0.3 is 0 Å². The van der Waals surface area contributed by atoms with Gasteiger partial charge in [-0.15, -0.1) is 0 Å². The van der Waals surface area contributed by atoms with E-state index >= 15 is 0 Å². The van der Waals surface area contributed by atoms with Crippen molar-refractivity contribution in [3.8, 4) is 0 Å². The molecule has 1 fully saturated rings. The van der Waals surface area contributed by atoms with Crippen molar-refractivity contribution in [1.29, 1.82) is 0 Å². The molecule has 1 saturated heterocycles. The van der Waals surface area contributed by atoms with Crippen LogP contribution in [0.15, 0.2) is 17.1 Å². The molecular formula is C17H16F3N3O3. The van der Waals surface area contributed by atoms with Crippen molar-refractivity contribution in [2.45, 2.75) is 32.4 Å². The Morgan fingerprint density at radius 3 is 2.69 bits per heavy atom. The smallest absolute Gasteiger partial charge is 0.257 e. The van der Waals surface area contributed by atoms with Gasteiger partial charge in [0.2, 0.25) is 11.3 Å². The number of nitrogens with one attached hydrogen (secondary N) is 2. The van der Waals surface area contributed by atoms with E-state index in [-0.39, 0.29) is 18.0 Å². The number of carbonyl (C=O) groups is 2. The highest BCUT2D eigenvalue weighted by atomic mass is 19.2. The number of benzene rings is 1. The van der Waals surface area contributed by atoms with Gasteiger partial charge in [0.15, 0.2) is 17.5 Å². The molecule has 1 aromatic heterocycles. The number of nitrogens with zero attached hydrogens (tertiary/aromatic N) is 1. The Bertz CT molecular complexity index is 971. The number of hydrogen-bond donors (Lipinski definition) is 2. The van der Waals surface area contributed by atoms with Crippen LogP contribution in [0.25, 0.3) is 10.9 Å². The van der Waals surface area contributed by atoms with Crippen LogP contribution in [-0.4, -0.2) is 29.0 Å². The monoisotopic (exact) mass is 367 g/mol. The Morgan fingerprint density at radius 2 is 2.04 bits per heavy atom. The Morgan fingerprint density at radius 1 is 1.31 bits per heavy atom. The first-order chi connectivity index (χ1) is 12.3. The summed E-state index contributed by atoms with van der Waals surface area (Å²) in [5.74, 6) is -5.88. The van der Waals surface area contributed by atoms with Crippen molar-refractivity contribution in [1.82, 2.24) is 15.2 Å². The predicted octanol–water partition coefficient (Wildman–Crippen LogP) is 1.45. The highest BCUT2D eigenvalue weighted by Crippen LogP contribution is 2.22. The predicted molar refractivity (Wildman–Crippen MR) is 87.3 cm³/mol. The molecular weight excluding hydrogens is 351 g/mol. The first-order valence-corrected chi connectivity index (χ1v) is 8.14. The van der Waals surface area contributed by atoms with Crippen molar-refractivity contribution in [3.63, 3.8) is 0 Å². The van der Waals surface area contributed by atoms with Crippen molar-refractivity contribution in [2.24, 2.45) is 0 Å². The van der Waals surface area contributed by atoms with Gasteiger partial charge in [0.05, 0.1) is 10.9 Å². The minimum absolute atomic E-state index is 0.114. The molecule has 1 unspecified atom stereocenters. The number of halogens is 3. The first-order valence-electron chi connectivity index (χ1n) is 8.14. The fourth-order valence-electron chi connectivity index (χ4n) is 3.02. The lowest BCUT2D eigenvalue weighted by Crippen LogP contribution is -2.50. The third-order valence-electron chi connectivity index (χ3n) is 4.37. The summed E-state index contributed by atoms with van der Waals surface area (Å²) in [7, 11) is 0. The molecule has 2 heterocycles. The standard InChI is InChI=1S/C17H16F3N3O3/c1-2-23-7-9(16(25)22-11-4-3-5-21-17(11)26)15(24)8-6-10(18)12(19)13(20)14(8)23/h6-7,11H,2-5H2,1H3,(H,21,26)(H,22,25). The fourth-order valence-corrected chi connectivity index (χ4v) is 3.02. The topological polar surface area (TPSA) is 80.2 Å². The van der Waals surface area contributed by atoms with Gasteiger partial charge in [-0.1, -0.05) is 0 Å². The average molecular weight is 367 g/mol. The minimum Gasteiger partial charge on any atom is -0.354 e. The van der Waals surface area contributed by atoms with Crippen LogP contribution in [-0.2, 0) is 11.3 Å². The Balaban J connectivity index is 2.10. The van der Waals surface area contributed by atoms with Gasteiger partial charge in [-0.25, -0.2) is 13.2 Å². The molecule has 9 heteroatoms. The molecule has 1 aromatic carbocycles. The molecule has 1 atom stereocenters. The van der Waals surface area contributed by atoms with Crippen LogP contribution < -0.4 is 16.1 Å². The van der Waals surface area contributed by atoms with E-state index in [4.69, 9.17) is 0 Å². The maximum Gasteiger partial charge on any atom is 0.257 e. The van der Waals surface area contributed by atoms with Gasteiger partial charge < -0.3 is 15.2 Å². The van der Waals surface area contributed by atoms with E-state index < -0.39 is 45.7 Å². The third-order valence-corrected chi connectivity index (χ3v) is 4.37. The van der Waals surface area contributed by atoms with Crippen LogP contribution in [0.5, 0.6) is 0 Å². The van der Waals surface area contributed by atoms with E-state index in [0.29, 0.717) is 25.5 Å². The zero-order valence-corrected chi connectivity index (χ0v) is 13.9. The summed E-state index contributed by atoms with van der Waals surface area (Å²) in [5.41, 5.74) is -1.72. The number of fused-ring (bicyclic) bond motifs is 1. The number of aromatic nitrogens is 1. The quantitative estimate of drug-likeness (QED) is 0.806. The number of amides is 2. The number of aryl methyl sites for hydroxylation is 1. The van der Waals surface area contributed by atoms with E-state index in [2.05, 4.69) is 10.6 Å². The third kappa shape index (κ3) is 2.93. The lowest BCUT2D eigenvalue weighted by Gasteiger charge is -2.23. The SMILES string of the molecule is CCn1cc(C(=O)NC2CCCNC2=O)c(=O)c2cc(F)c(F)c(F)c21. The molecule has 2 aromatic rings. The number of piperidine rings is 1. The summed E-state index contributed by atoms with van der Waals surface area (Å²) in [6, 6.07) is -0.213. The zero-order valence-electron chi connectivity index (χ0n) is 13.9. The van der Waals surface area contributed by atoms with Gasteiger partial charge in [-0.05, 0) is 25.8 Å². The molecule has 0 bridgehead atoms. The van der Waals surface area contributed by atoms with Gasteiger partial charge in [0.1, 0.15) is 11.6 Å². The van der Waals surface area contributed by atoms with Crippen LogP contribution in [0.4, 0.5) is 13.2 Å². The van der Waals surface area contributed by atoms with Gasteiger partial charge in [-0.2, -0.15) is 0 Å². The summed E-state index contributed by atoms with van der Waals surface area (Å²) in [4.78, 5) is 36.8. The van der Waals surface area contributed by atoms with E-state index in [1.807, 2.05) is 0 Å². The molecule has 3 rings (SSSR count). The van der Waals surface area contributed by atoms with Crippen LogP contribution in [0.3, 0.4) is 0 Å². The lowest BCUT2D eigenvalue weighted by molar-refractivity contribution is -0.124. The second-order valence-electron chi connectivity index (χ2n) is 6.00. The molecule has 1 aliphatic heterocycles. The molecule has 0 saturated carbocycles. The Hall–Kier alpha value is -2.84. The van der Waals surface area contributed by atoms with E-state index in [1.165, 1.54) is 0 Å². The normalized spacial score (nSPS) is 17.2. The number of pyridine rings is 1. The van der Waals surface area contributed by atoms with Gasteiger partial charge in [0, 0.05) is 19.3 Å². The number of rotatable bonds is 3. The molecule has 0 spiro atoms. The molecule has 26 heavy (non-hydrogen) atoms. The highest BCUT2D eigenvalue weighted by Gasteiger charge is 2.27. The molecule has 2 N–H and O–H groups in total. The average Bonchev–Trinajstić information content (AvgIpc) is 2.62. The minimum atomic E-state index is -1.69. The van der Waals surface area contributed by atoms with Crippen LogP contribution >= 0.6 is 0 Å². The van der Waals surface area contributed by atoms with Gasteiger partial charge in [-0.3, -0.25) is 14.4 Å². The molecule has 2 amide bonds. The maximum atomic E-state index is 14.1. The fraction of sp³-hybridized carbons (Fsp3) is 0.353. The largest absolute Gasteiger partial charge is 0.354 e. The molecule has 0 radical (unpaired) electrons. The maximum absolute atomic E-state index is 14.1. The molecule has 138 valence electrons. The number of carbonyl (C=O) groups excluding carboxylic acids is 2. The van der Waals surface area contributed by atoms with E-state index in [0.717, 1.165) is 10.8 Å². The molecule has 6 nitrogen and oxygen atoms in total. The van der Waals surface area contributed by atoms with E-state index in [1.54, 1.807) is 6.92 Å². The summed E-state index contributed by atoms with van der Waals surface area (Å²) >= 11 is 0. The summed E-state index contributed by atoms with van der Waals surface area (Å²) in [5, 5.41) is 4.61. The van der Waals surface area contributed by atoms with Crippen molar-refractivity contribution in [3.05, 3.63) is 45.5 Å². The van der Waals surface area contributed by atoms with Crippen LogP contribution in [0.2, 0.25) is 0 Å². The highest BCUT2D eigenvalue weighted by molar-refractivity contribution is 6.00. The Labute approximate surface area is 146 Å². The zero-order chi connectivity index (χ0) is 19.0. The van der Waals surface area contributed by atoms with Gasteiger partial charge in [0.25, 0.3) is 5.91 Å². The Kier molecular flexibility index (Phi) is 4.71. The lowest BCUT2D eigenvalue weighted by atomic mass is 10.1. The summed E-state index contributed by atoms with van der Waals surface area (Å²) < 4.78 is 42.4. The second-order valence-corrected chi connectivity index (χ2v) is 6.00.